The van der Waals surface area contributed by atoms with Gasteiger partial charge in [0.15, 0.2) is 0 Å². The molecule has 1 unspecified atom stereocenters. The SMILES string of the molecule is O=CCCOCCOc1cccc2c1C(=O)N(C1CCC(=O)NC1=O)C2=O. The van der Waals surface area contributed by atoms with E-state index < -0.39 is 29.7 Å². The average Bonchev–Trinajstić information content (AvgIpc) is 2.90. The second-order valence-corrected chi connectivity index (χ2v) is 6.04. The summed E-state index contributed by atoms with van der Waals surface area (Å²) in [6.07, 6.45) is 1.19. The molecule has 1 saturated heterocycles. The van der Waals surface area contributed by atoms with Crippen LogP contribution < -0.4 is 10.1 Å². The monoisotopic (exact) mass is 374 g/mol. The van der Waals surface area contributed by atoms with Gasteiger partial charge in [-0.2, -0.15) is 0 Å². The summed E-state index contributed by atoms with van der Waals surface area (Å²) in [4.78, 5) is 60.0. The van der Waals surface area contributed by atoms with Crippen LogP contribution in [0.2, 0.25) is 0 Å². The highest BCUT2D eigenvalue weighted by Crippen LogP contribution is 2.33. The van der Waals surface area contributed by atoms with Crippen LogP contribution in [-0.2, 0) is 19.1 Å². The number of hydrogen-bond donors (Lipinski definition) is 1. The lowest BCUT2D eigenvalue weighted by atomic mass is 10.0. The number of amides is 4. The number of hydrogen-bond acceptors (Lipinski definition) is 7. The predicted molar refractivity (Wildman–Crippen MR) is 90.1 cm³/mol. The van der Waals surface area contributed by atoms with Crippen LogP contribution >= 0.6 is 0 Å². The summed E-state index contributed by atoms with van der Waals surface area (Å²) < 4.78 is 10.8. The molecule has 1 aromatic carbocycles. The summed E-state index contributed by atoms with van der Waals surface area (Å²) in [7, 11) is 0. The third kappa shape index (κ3) is 3.72. The third-order valence-corrected chi connectivity index (χ3v) is 4.30. The molecular formula is C18H18N2O7. The summed E-state index contributed by atoms with van der Waals surface area (Å²) >= 11 is 0. The van der Waals surface area contributed by atoms with Crippen molar-refractivity contribution in [3.63, 3.8) is 0 Å². The number of fused-ring (bicyclic) bond motifs is 1. The summed E-state index contributed by atoms with van der Waals surface area (Å²) in [5, 5.41) is 2.15. The first-order valence-electron chi connectivity index (χ1n) is 8.53. The highest BCUT2D eigenvalue weighted by molar-refractivity contribution is 6.24. The molecule has 0 saturated carbocycles. The van der Waals surface area contributed by atoms with Gasteiger partial charge in [-0.3, -0.25) is 29.4 Å². The molecule has 1 fully saturated rings. The number of rotatable bonds is 8. The van der Waals surface area contributed by atoms with Gasteiger partial charge in [-0.25, -0.2) is 0 Å². The Hall–Kier alpha value is -3.07. The van der Waals surface area contributed by atoms with Gasteiger partial charge in [0.1, 0.15) is 24.7 Å². The molecule has 1 atom stereocenters. The van der Waals surface area contributed by atoms with Crippen molar-refractivity contribution < 1.29 is 33.4 Å². The van der Waals surface area contributed by atoms with Gasteiger partial charge in [-0.1, -0.05) is 6.07 Å². The van der Waals surface area contributed by atoms with E-state index in [9.17, 15) is 24.0 Å². The van der Waals surface area contributed by atoms with E-state index in [1.54, 1.807) is 12.1 Å². The van der Waals surface area contributed by atoms with E-state index >= 15 is 0 Å². The van der Waals surface area contributed by atoms with E-state index in [4.69, 9.17) is 9.47 Å². The quantitative estimate of drug-likeness (QED) is 0.388. The minimum absolute atomic E-state index is 0.0608. The summed E-state index contributed by atoms with van der Waals surface area (Å²) in [5.74, 6) is -2.07. The van der Waals surface area contributed by atoms with E-state index in [2.05, 4.69) is 5.32 Å². The second kappa shape index (κ2) is 8.09. The van der Waals surface area contributed by atoms with Gasteiger partial charge >= 0.3 is 0 Å². The smallest absolute Gasteiger partial charge is 0.266 e. The van der Waals surface area contributed by atoms with E-state index in [1.165, 1.54) is 6.07 Å². The van der Waals surface area contributed by atoms with Gasteiger partial charge in [0.25, 0.3) is 11.8 Å². The molecule has 9 heteroatoms. The molecule has 2 aliphatic heterocycles. The maximum absolute atomic E-state index is 12.8. The first-order chi connectivity index (χ1) is 13.0. The van der Waals surface area contributed by atoms with Crippen molar-refractivity contribution in [2.75, 3.05) is 19.8 Å². The Morgan fingerprint density at radius 3 is 2.67 bits per heavy atom. The number of aldehydes is 1. The Bertz CT molecular complexity index is 805. The Kier molecular flexibility index (Phi) is 5.60. The van der Waals surface area contributed by atoms with Crippen LogP contribution in [0.5, 0.6) is 5.75 Å². The molecule has 0 aliphatic carbocycles. The van der Waals surface area contributed by atoms with E-state index in [1.807, 2.05) is 0 Å². The fourth-order valence-corrected chi connectivity index (χ4v) is 3.05. The van der Waals surface area contributed by atoms with Crippen molar-refractivity contribution in [1.82, 2.24) is 10.2 Å². The highest BCUT2D eigenvalue weighted by Gasteiger charge is 2.45. The van der Waals surface area contributed by atoms with Gasteiger partial charge in [0.05, 0.1) is 24.3 Å². The number of imide groups is 2. The molecule has 4 amide bonds. The predicted octanol–water partition coefficient (Wildman–Crippen LogP) is 0.0722. The Labute approximate surface area is 154 Å². The molecule has 0 aromatic heterocycles. The number of carbonyl (C=O) groups excluding carboxylic acids is 5. The fourth-order valence-electron chi connectivity index (χ4n) is 3.05. The minimum atomic E-state index is -1.02. The summed E-state index contributed by atoms with van der Waals surface area (Å²) in [6.45, 7) is 0.631. The zero-order valence-corrected chi connectivity index (χ0v) is 14.4. The number of nitrogens with zero attached hydrogens (tertiary/aromatic N) is 1. The summed E-state index contributed by atoms with van der Waals surface area (Å²) in [6, 6.07) is 3.62. The van der Waals surface area contributed by atoms with Crippen molar-refractivity contribution in [1.29, 1.82) is 0 Å². The van der Waals surface area contributed by atoms with Crippen molar-refractivity contribution in [2.45, 2.75) is 25.3 Å². The van der Waals surface area contributed by atoms with Crippen molar-refractivity contribution in [3.05, 3.63) is 29.3 Å². The van der Waals surface area contributed by atoms with Gasteiger partial charge < -0.3 is 14.3 Å². The van der Waals surface area contributed by atoms with Crippen LogP contribution in [0.1, 0.15) is 40.0 Å². The molecule has 3 rings (SSSR count). The average molecular weight is 374 g/mol. The van der Waals surface area contributed by atoms with Crippen molar-refractivity contribution in [2.24, 2.45) is 0 Å². The van der Waals surface area contributed by atoms with E-state index in [-0.39, 0.29) is 56.0 Å². The van der Waals surface area contributed by atoms with Crippen LogP contribution in [0.3, 0.4) is 0 Å². The largest absolute Gasteiger partial charge is 0.490 e. The second-order valence-electron chi connectivity index (χ2n) is 6.04. The molecule has 0 bridgehead atoms. The molecule has 1 aromatic rings. The van der Waals surface area contributed by atoms with Gasteiger partial charge in [0, 0.05) is 12.8 Å². The number of piperidine rings is 1. The molecule has 0 spiro atoms. The van der Waals surface area contributed by atoms with Crippen molar-refractivity contribution >= 4 is 29.9 Å². The molecule has 27 heavy (non-hydrogen) atoms. The van der Waals surface area contributed by atoms with Gasteiger partial charge in [-0.05, 0) is 18.6 Å². The third-order valence-electron chi connectivity index (χ3n) is 4.30. The lowest BCUT2D eigenvalue weighted by Crippen LogP contribution is -2.54. The normalized spacial score (nSPS) is 19.1. The number of nitrogens with one attached hydrogen (secondary N) is 1. The molecule has 0 radical (unpaired) electrons. The van der Waals surface area contributed by atoms with Crippen molar-refractivity contribution in [3.8, 4) is 5.75 Å². The molecule has 2 heterocycles. The molecule has 1 N–H and O–H groups in total. The summed E-state index contributed by atoms with van der Waals surface area (Å²) in [5.41, 5.74) is 0.254. The number of carbonyl (C=O) groups is 5. The van der Waals surface area contributed by atoms with Crippen LogP contribution in [0.25, 0.3) is 0 Å². The molecular weight excluding hydrogens is 356 g/mol. The minimum Gasteiger partial charge on any atom is -0.490 e. The molecule has 142 valence electrons. The lowest BCUT2D eigenvalue weighted by Gasteiger charge is -2.27. The number of benzene rings is 1. The van der Waals surface area contributed by atoms with E-state index in [0.717, 1.165) is 11.2 Å². The van der Waals surface area contributed by atoms with Crippen LogP contribution in [0, 0.1) is 0 Å². The van der Waals surface area contributed by atoms with Gasteiger partial charge in [-0.15, -0.1) is 0 Å². The zero-order chi connectivity index (χ0) is 19.4. The fraction of sp³-hybridized carbons (Fsp3) is 0.389. The van der Waals surface area contributed by atoms with Crippen LogP contribution in [0.15, 0.2) is 18.2 Å². The zero-order valence-electron chi connectivity index (χ0n) is 14.4. The molecule has 9 nitrogen and oxygen atoms in total. The molecule has 2 aliphatic rings. The standard InChI is InChI=1S/C18H18N2O7/c21-7-2-8-26-9-10-27-13-4-1-3-11-15(13)18(25)20(17(11)24)12-5-6-14(22)19-16(12)23/h1,3-4,7,12H,2,5-6,8-10H2,(H,19,22,23). The maximum atomic E-state index is 12.8. The van der Waals surface area contributed by atoms with Crippen LogP contribution in [0.4, 0.5) is 0 Å². The Morgan fingerprint density at radius 1 is 1.11 bits per heavy atom. The first-order valence-corrected chi connectivity index (χ1v) is 8.53. The maximum Gasteiger partial charge on any atom is 0.266 e. The highest BCUT2D eigenvalue weighted by atomic mass is 16.5. The first kappa shape index (κ1) is 18.7. The Balaban J connectivity index is 1.73. The lowest BCUT2D eigenvalue weighted by molar-refractivity contribution is -0.136. The topological polar surface area (TPSA) is 119 Å². The van der Waals surface area contributed by atoms with Crippen LogP contribution in [-0.4, -0.2) is 60.7 Å². The van der Waals surface area contributed by atoms with Gasteiger partial charge in [0.2, 0.25) is 11.8 Å². The number of ether oxygens (including phenoxy) is 2. The van der Waals surface area contributed by atoms with E-state index in [0.29, 0.717) is 0 Å². The Morgan fingerprint density at radius 2 is 1.93 bits per heavy atom.